The van der Waals surface area contributed by atoms with E-state index in [1.807, 2.05) is 6.07 Å². The number of thiazole rings is 1. The lowest BCUT2D eigenvalue weighted by molar-refractivity contribution is 0.103. The van der Waals surface area contributed by atoms with Gasteiger partial charge in [-0.15, -0.1) is 0 Å². The third kappa shape index (κ3) is 3.07. The third-order valence-electron chi connectivity index (χ3n) is 5.05. The minimum atomic E-state index is 0.194. The van der Waals surface area contributed by atoms with Gasteiger partial charge in [0.05, 0.1) is 10.2 Å². The van der Waals surface area contributed by atoms with E-state index in [-0.39, 0.29) is 6.10 Å². The average molecular weight is 367 g/mol. The highest BCUT2D eigenvalue weighted by Crippen LogP contribution is 2.34. The molecule has 134 valence electrons. The maximum absolute atomic E-state index is 6.15. The second-order valence-corrected chi connectivity index (χ2v) is 7.95. The zero-order valence-corrected chi connectivity index (χ0v) is 15.3. The van der Waals surface area contributed by atoms with E-state index in [1.165, 1.54) is 17.5 Å². The molecule has 1 saturated heterocycles. The summed E-state index contributed by atoms with van der Waals surface area (Å²) in [5.74, 6) is 1.57. The van der Waals surface area contributed by atoms with Crippen LogP contribution in [0, 0.1) is 0 Å². The largest absolute Gasteiger partial charge is 0.472 e. The van der Waals surface area contributed by atoms with E-state index in [4.69, 9.17) is 4.74 Å². The van der Waals surface area contributed by atoms with Crippen molar-refractivity contribution in [3.63, 3.8) is 0 Å². The van der Waals surface area contributed by atoms with Crippen LogP contribution in [0.4, 0.5) is 10.9 Å². The number of nitrogens with one attached hydrogen (secondary N) is 1. The molecule has 0 unspecified atom stereocenters. The Bertz CT molecular complexity index is 869. The molecule has 0 amide bonds. The quantitative estimate of drug-likeness (QED) is 0.742. The van der Waals surface area contributed by atoms with Crippen LogP contribution in [0.1, 0.15) is 25.7 Å². The summed E-state index contributed by atoms with van der Waals surface area (Å²) in [6, 6.07) is 8.65. The van der Waals surface area contributed by atoms with Crippen LogP contribution in [-0.4, -0.2) is 40.2 Å². The van der Waals surface area contributed by atoms with Crippen molar-refractivity contribution in [2.24, 2.45) is 0 Å². The molecule has 0 atom stereocenters. The lowest BCUT2D eigenvalue weighted by Gasteiger charge is -2.35. The number of ether oxygens (including phenoxy) is 1. The molecule has 3 aromatic rings. The molecule has 1 N–H and O–H groups in total. The summed E-state index contributed by atoms with van der Waals surface area (Å²) in [6.45, 7) is 2.09. The SMILES string of the molecule is c1ccc2sc(NC3CC(Oc4nccnc4N4CCCC4)C3)nc2c1. The molecule has 0 spiro atoms. The smallest absolute Gasteiger partial charge is 0.257 e. The van der Waals surface area contributed by atoms with E-state index in [1.54, 1.807) is 23.7 Å². The normalized spacial score (nSPS) is 22.4. The fourth-order valence-electron chi connectivity index (χ4n) is 3.59. The fourth-order valence-corrected chi connectivity index (χ4v) is 4.54. The van der Waals surface area contributed by atoms with Crippen molar-refractivity contribution in [1.29, 1.82) is 0 Å². The maximum Gasteiger partial charge on any atom is 0.257 e. The van der Waals surface area contributed by atoms with E-state index in [0.29, 0.717) is 11.9 Å². The van der Waals surface area contributed by atoms with Crippen LogP contribution in [0.5, 0.6) is 5.88 Å². The van der Waals surface area contributed by atoms with Crippen molar-refractivity contribution in [2.45, 2.75) is 37.8 Å². The second-order valence-electron chi connectivity index (χ2n) is 6.92. The Hall–Kier alpha value is -2.41. The third-order valence-corrected chi connectivity index (χ3v) is 6.01. The molecule has 0 bridgehead atoms. The fraction of sp³-hybridized carbons (Fsp3) is 0.421. The van der Waals surface area contributed by atoms with Crippen molar-refractivity contribution in [3.8, 4) is 5.88 Å². The molecule has 2 aliphatic rings. The molecular formula is C19H21N5OS. The van der Waals surface area contributed by atoms with E-state index in [0.717, 1.165) is 42.4 Å². The lowest BCUT2D eigenvalue weighted by atomic mass is 9.89. The Balaban J connectivity index is 1.20. The standard InChI is InChI=1S/C19H21N5OS/c1-2-6-16-15(5-1)23-19(26-16)22-13-11-14(12-13)25-18-17(20-7-8-21-18)24-9-3-4-10-24/h1-2,5-8,13-14H,3-4,9-12H2,(H,22,23). The van der Waals surface area contributed by atoms with Gasteiger partial charge in [-0.3, -0.25) is 0 Å². The van der Waals surface area contributed by atoms with Gasteiger partial charge in [0.2, 0.25) is 0 Å². The van der Waals surface area contributed by atoms with Crippen molar-refractivity contribution in [2.75, 3.05) is 23.3 Å². The van der Waals surface area contributed by atoms with E-state index in [2.05, 4.69) is 43.4 Å². The Kier molecular flexibility index (Phi) is 4.09. The predicted octanol–water partition coefficient (Wildman–Crippen LogP) is 3.71. The second kappa shape index (κ2) is 6.72. The first-order valence-electron chi connectivity index (χ1n) is 9.20. The van der Waals surface area contributed by atoms with Crippen molar-refractivity contribution in [1.82, 2.24) is 15.0 Å². The number of hydrogen-bond acceptors (Lipinski definition) is 7. The highest BCUT2D eigenvalue weighted by atomic mass is 32.1. The summed E-state index contributed by atoms with van der Waals surface area (Å²) in [4.78, 5) is 15.8. The highest BCUT2D eigenvalue weighted by molar-refractivity contribution is 7.22. The number of nitrogens with zero attached hydrogens (tertiary/aromatic N) is 4. The van der Waals surface area contributed by atoms with Crippen molar-refractivity contribution >= 4 is 32.5 Å². The number of para-hydroxylation sites is 1. The lowest BCUT2D eigenvalue weighted by Crippen LogP contribution is -2.42. The van der Waals surface area contributed by atoms with Crippen LogP contribution in [0.15, 0.2) is 36.7 Å². The molecule has 0 radical (unpaired) electrons. The van der Waals surface area contributed by atoms with Gasteiger partial charge in [0, 0.05) is 44.4 Å². The number of fused-ring (bicyclic) bond motifs is 1. The minimum absolute atomic E-state index is 0.194. The molecule has 1 aliphatic heterocycles. The summed E-state index contributed by atoms with van der Waals surface area (Å²) in [7, 11) is 0. The molecule has 26 heavy (non-hydrogen) atoms. The van der Waals surface area contributed by atoms with E-state index >= 15 is 0 Å². The molecule has 1 aromatic carbocycles. The molecule has 5 rings (SSSR count). The first kappa shape index (κ1) is 15.8. The predicted molar refractivity (Wildman–Crippen MR) is 104 cm³/mol. The summed E-state index contributed by atoms with van der Waals surface area (Å²) in [6.07, 6.45) is 8.02. The van der Waals surface area contributed by atoms with Gasteiger partial charge in [-0.1, -0.05) is 23.5 Å². The summed E-state index contributed by atoms with van der Waals surface area (Å²) >= 11 is 1.71. The zero-order valence-electron chi connectivity index (χ0n) is 14.5. The van der Waals surface area contributed by atoms with E-state index < -0.39 is 0 Å². The van der Waals surface area contributed by atoms with Crippen LogP contribution in [0.3, 0.4) is 0 Å². The van der Waals surface area contributed by atoms with Gasteiger partial charge in [-0.25, -0.2) is 15.0 Å². The molecule has 1 aliphatic carbocycles. The van der Waals surface area contributed by atoms with Gasteiger partial charge in [-0.2, -0.15) is 0 Å². The van der Waals surface area contributed by atoms with Gasteiger partial charge >= 0.3 is 0 Å². The zero-order chi connectivity index (χ0) is 17.3. The first-order chi connectivity index (χ1) is 12.8. The Morgan fingerprint density at radius 3 is 2.73 bits per heavy atom. The van der Waals surface area contributed by atoms with Crippen LogP contribution in [0.2, 0.25) is 0 Å². The molecular weight excluding hydrogens is 346 g/mol. The Labute approximate surface area is 156 Å². The van der Waals surface area contributed by atoms with E-state index in [9.17, 15) is 0 Å². The van der Waals surface area contributed by atoms with Crippen molar-refractivity contribution in [3.05, 3.63) is 36.7 Å². The monoisotopic (exact) mass is 367 g/mol. The summed E-state index contributed by atoms with van der Waals surface area (Å²) in [5.41, 5.74) is 1.06. The van der Waals surface area contributed by atoms with Gasteiger partial charge < -0.3 is 15.0 Å². The van der Waals surface area contributed by atoms with Crippen LogP contribution < -0.4 is 15.0 Å². The Morgan fingerprint density at radius 1 is 1.08 bits per heavy atom. The van der Waals surface area contributed by atoms with Gasteiger partial charge in [0.1, 0.15) is 6.10 Å². The van der Waals surface area contributed by atoms with Crippen LogP contribution in [-0.2, 0) is 0 Å². The molecule has 1 saturated carbocycles. The molecule has 3 heterocycles. The summed E-state index contributed by atoms with van der Waals surface area (Å²) in [5, 5.41) is 4.53. The van der Waals surface area contributed by atoms with Gasteiger partial charge in [0.15, 0.2) is 10.9 Å². The first-order valence-corrected chi connectivity index (χ1v) is 10.0. The van der Waals surface area contributed by atoms with Gasteiger partial charge in [0.25, 0.3) is 5.88 Å². The van der Waals surface area contributed by atoms with Crippen molar-refractivity contribution < 1.29 is 4.74 Å². The Morgan fingerprint density at radius 2 is 1.88 bits per heavy atom. The number of hydrogen-bond donors (Lipinski definition) is 1. The number of benzene rings is 1. The molecule has 2 fully saturated rings. The summed E-state index contributed by atoms with van der Waals surface area (Å²) < 4.78 is 7.37. The topological polar surface area (TPSA) is 63.2 Å². The average Bonchev–Trinajstić information content (AvgIpc) is 3.29. The van der Waals surface area contributed by atoms with Gasteiger partial charge in [-0.05, 0) is 25.0 Å². The molecule has 7 heteroatoms. The van der Waals surface area contributed by atoms with Crippen LogP contribution in [0.25, 0.3) is 10.2 Å². The molecule has 2 aromatic heterocycles. The maximum atomic E-state index is 6.15. The number of rotatable bonds is 5. The minimum Gasteiger partial charge on any atom is -0.472 e. The van der Waals surface area contributed by atoms with Crippen LogP contribution >= 0.6 is 11.3 Å². The highest BCUT2D eigenvalue weighted by Gasteiger charge is 2.33. The number of anilines is 2. The number of aromatic nitrogens is 3. The molecule has 6 nitrogen and oxygen atoms in total.